The molecule has 2 heterocycles. The molecule has 7 nitrogen and oxygen atoms in total. The summed E-state index contributed by atoms with van der Waals surface area (Å²) in [5.74, 6) is 1.49. The summed E-state index contributed by atoms with van der Waals surface area (Å²) >= 11 is 6.15. The summed E-state index contributed by atoms with van der Waals surface area (Å²) < 4.78 is 11.3. The Hall–Kier alpha value is -4.10. The summed E-state index contributed by atoms with van der Waals surface area (Å²) in [4.78, 5) is 19.6. The van der Waals surface area contributed by atoms with Crippen LogP contribution < -0.4 is 15.0 Å². The molecule has 0 saturated carbocycles. The molecule has 2 amide bonds. The molecule has 1 unspecified atom stereocenters. The fourth-order valence-electron chi connectivity index (χ4n) is 4.16. The van der Waals surface area contributed by atoms with Gasteiger partial charge in [-0.15, -0.1) is 0 Å². The predicted molar refractivity (Wildman–Crippen MR) is 135 cm³/mol. The number of hydrogen-bond donors (Lipinski definition) is 1. The van der Waals surface area contributed by atoms with Crippen LogP contribution in [0.15, 0.2) is 89.1 Å². The van der Waals surface area contributed by atoms with Crippen molar-refractivity contribution in [3.63, 3.8) is 0 Å². The number of benzene rings is 3. The first-order valence-corrected chi connectivity index (χ1v) is 11.6. The summed E-state index contributed by atoms with van der Waals surface area (Å²) in [6.07, 6.45) is 0. The lowest BCUT2D eigenvalue weighted by Crippen LogP contribution is -2.46. The second-order valence-corrected chi connectivity index (χ2v) is 8.42. The van der Waals surface area contributed by atoms with Gasteiger partial charge in [-0.1, -0.05) is 59.2 Å². The molecule has 8 heteroatoms. The Bertz CT molecular complexity index is 1380. The minimum Gasteiger partial charge on any atom is -0.494 e. The van der Waals surface area contributed by atoms with Crippen molar-refractivity contribution in [2.45, 2.75) is 19.9 Å². The molecule has 0 fully saturated rings. The number of urea groups is 1. The smallest absolute Gasteiger partial charge is 0.326 e. The van der Waals surface area contributed by atoms with Crippen molar-refractivity contribution < 1.29 is 14.1 Å². The van der Waals surface area contributed by atoms with Gasteiger partial charge in [-0.25, -0.2) is 4.79 Å². The van der Waals surface area contributed by atoms with Crippen molar-refractivity contribution in [1.29, 1.82) is 0 Å². The monoisotopic (exact) mass is 486 g/mol. The van der Waals surface area contributed by atoms with Gasteiger partial charge in [0.2, 0.25) is 5.82 Å². The van der Waals surface area contributed by atoms with E-state index in [9.17, 15) is 4.79 Å². The zero-order valence-corrected chi connectivity index (χ0v) is 20.0. The van der Waals surface area contributed by atoms with E-state index in [1.807, 2.05) is 80.6 Å². The average molecular weight is 487 g/mol. The van der Waals surface area contributed by atoms with Gasteiger partial charge < -0.3 is 14.6 Å². The number of nitrogens with zero attached hydrogens (tertiary/aromatic N) is 3. The van der Waals surface area contributed by atoms with Crippen LogP contribution in [0.2, 0.25) is 5.02 Å². The van der Waals surface area contributed by atoms with Crippen LogP contribution in [0.3, 0.4) is 0 Å². The quantitative estimate of drug-likeness (QED) is 0.337. The van der Waals surface area contributed by atoms with Crippen LogP contribution in [-0.2, 0) is 0 Å². The van der Waals surface area contributed by atoms with E-state index in [1.165, 1.54) is 0 Å². The number of carbonyl (C=O) groups is 1. The Morgan fingerprint density at radius 3 is 2.54 bits per heavy atom. The van der Waals surface area contributed by atoms with Gasteiger partial charge in [-0.3, -0.25) is 4.90 Å². The Morgan fingerprint density at radius 1 is 1.06 bits per heavy atom. The molecule has 0 aliphatic carbocycles. The van der Waals surface area contributed by atoms with Gasteiger partial charge in [-0.2, -0.15) is 4.98 Å². The van der Waals surface area contributed by atoms with E-state index >= 15 is 0 Å². The molecule has 1 aliphatic rings. The van der Waals surface area contributed by atoms with E-state index in [1.54, 1.807) is 17.0 Å². The second-order valence-electron chi connectivity index (χ2n) is 7.99. The highest BCUT2D eigenvalue weighted by atomic mass is 35.5. The SMILES string of the molecule is CCOc1ccc(C2NC(=O)N(c3ccccc3)C(C)=C2c2nc(-c3cccc(Cl)c3)no2)cc1. The largest absolute Gasteiger partial charge is 0.494 e. The predicted octanol–water partition coefficient (Wildman–Crippen LogP) is 6.49. The minimum absolute atomic E-state index is 0.245. The zero-order valence-electron chi connectivity index (χ0n) is 19.2. The number of nitrogens with one attached hydrogen (secondary N) is 1. The number of amides is 2. The third-order valence-electron chi connectivity index (χ3n) is 5.76. The Morgan fingerprint density at radius 2 is 1.83 bits per heavy atom. The van der Waals surface area contributed by atoms with Crippen molar-refractivity contribution in [2.75, 3.05) is 11.5 Å². The number of carbonyl (C=O) groups excluding carboxylic acids is 1. The first-order valence-electron chi connectivity index (χ1n) is 11.2. The summed E-state index contributed by atoms with van der Waals surface area (Å²) in [6, 6.07) is 23.6. The first-order chi connectivity index (χ1) is 17.0. The highest BCUT2D eigenvalue weighted by Gasteiger charge is 2.36. The molecule has 0 saturated heterocycles. The fraction of sp³-hybridized carbons (Fsp3) is 0.148. The summed E-state index contributed by atoms with van der Waals surface area (Å²) in [6.45, 7) is 4.39. The van der Waals surface area contributed by atoms with Crippen LogP contribution >= 0.6 is 11.6 Å². The number of anilines is 1. The topological polar surface area (TPSA) is 80.5 Å². The third-order valence-corrected chi connectivity index (χ3v) is 6.00. The number of rotatable bonds is 6. The molecule has 0 bridgehead atoms. The molecular formula is C27H23ClN4O3. The molecule has 176 valence electrons. The number of para-hydroxylation sites is 1. The molecule has 1 aromatic heterocycles. The van der Waals surface area contributed by atoms with E-state index in [4.69, 9.17) is 20.9 Å². The first kappa shape index (κ1) is 22.7. The van der Waals surface area contributed by atoms with E-state index in [0.717, 1.165) is 22.6 Å². The zero-order chi connectivity index (χ0) is 24.4. The molecule has 35 heavy (non-hydrogen) atoms. The molecule has 3 aromatic carbocycles. The van der Waals surface area contributed by atoms with Crippen molar-refractivity contribution in [2.24, 2.45) is 0 Å². The Labute approximate surface area is 208 Å². The maximum Gasteiger partial charge on any atom is 0.326 e. The highest BCUT2D eigenvalue weighted by molar-refractivity contribution is 6.30. The van der Waals surface area contributed by atoms with Crippen LogP contribution in [0.5, 0.6) is 5.75 Å². The van der Waals surface area contributed by atoms with E-state index in [2.05, 4.69) is 15.5 Å². The maximum absolute atomic E-state index is 13.3. The van der Waals surface area contributed by atoms with Gasteiger partial charge in [0, 0.05) is 16.3 Å². The molecule has 1 aliphatic heterocycles. The van der Waals surface area contributed by atoms with E-state index < -0.39 is 6.04 Å². The average Bonchev–Trinajstić information content (AvgIpc) is 3.35. The molecule has 0 radical (unpaired) electrons. The molecule has 5 rings (SSSR count). The van der Waals surface area contributed by atoms with Crippen molar-refractivity contribution >= 4 is 28.9 Å². The van der Waals surface area contributed by atoms with Crippen LogP contribution in [0.25, 0.3) is 17.0 Å². The van der Waals surface area contributed by atoms with Gasteiger partial charge in [0.25, 0.3) is 5.89 Å². The van der Waals surface area contributed by atoms with Crippen LogP contribution in [0, 0.1) is 0 Å². The number of ether oxygens (including phenoxy) is 1. The maximum atomic E-state index is 13.3. The van der Waals surface area contributed by atoms with E-state index in [0.29, 0.717) is 34.6 Å². The van der Waals surface area contributed by atoms with Crippen molar-refractivity contribution in [1.82, 2.24) is 15.5 Å². The lowest BCUT2D eigenvalue weighted by Gasteiger charge is -2.35. The fourth-order valence-corrected chi connectivity index (χ4v) is 4.35. The summed E-state index contributed by atoms with van der Waals surface area (Å²) in [5, 5.41) is 7.88. The van der Waals surface area contributed by atoms with Gasteiger partial charge in [0.1, 0.15) is 5.75 Å². The Kier molecular flexibility index (Phi) is 6.25. The normalized spacial score (nSPS) is 15.8. The molecular weight excluding hydrogens is 464 g/mol. The Balaban J connectivity index is 1.62. The van der Waals surface area contributed by atoms with Gasteiger partial charge in [-0.05, 0) is 55.8 Å². The van der Waals surface area contributed by atoms with Crippen molar-refractivity contribution in [3.05, 3.63) is 101 Å². The third kappa shape index (κ3) is 4.50. The standard InChI is InChI=1S/C27H23ClN4O3/c1-3-34-22-14-12-18(13-15-22)24-23(17(2)32(27(33)29-24)21-10-5-4-6-11-21)26-30-25(31-35-26)19-8-7-9-20(28)16-19/h4-16,24H,3H2,1-2H3,(H,29,33). The molecule has 0 spiro atoms. The minimum atomic E-state index is -0.495. The highest BCUT2D eigenvalue weighted by Crippen LogP contribution is 2.39. The lowest BCUT2D eigenvalue weighted by atomic mass is 9.94. The summed E-state index contributed by atoms with van der Waals surface area (Å²) in [5.41, 5.74) is 3.74. The van der Waals surface area contributed by atoms with E-state index in [-0.39, 0.29) is 6.03 Å². The van der Waals surface area contributed by atoms with Crippen LogP contribution in [0.1, 0.15) is 31.3 Å². The van der Waals surface area contributed by atoms with Crippen LogP contribution in [-0.4, -0.2) is 22.8 Å². The lowest BCUT2D eigenvalue weighted by molar-refractivity contribution is 0.244. The number of halogens is 1. The molecule has 4 aromatic rings. The van der Waals surface area contributed by atoms with Gasteiger partial charge in [0.05, 0.1) is 23.9 Å². The summed E-state index contributed by atoms with van der Waals surface area (Å²) in [7, 11) is 0. The number of allylic oxidation sites excluding steroid dienone is 1. The molecule has 1 atom stereocenters. The van der Waals surface area contributed by atoms with Crippen LogP contribution in [0.4, 0.5) is 10.5 Å². The second kappa shape index (κ2) is 9.64. The number of aromatic nitrogens is 2. The van der Waals surface area contributed by atoms with Gasteiger partial charge >= 0.3 is 6.03 Å². The number of hydrogen-bond acceptors (Lipinski definition) is 5. The molecule has 1 N–H and O–H groups in total. The van der Waals surface area contributed by atoms with Gasteiger partial charge in [0.15, 0.2) is 0 Å². The van der Waals surface area contributed by atoms with Crippen molar-refractivity contribution in [3.8, 4) is 17.1 Å².